The molecule has 1 saturated heterocycles. The van der Waals surface area contributed by atoms with Gasteiger partial charge in [0.05, 0.1) is 10.2 Å². The van der Waals surface area contributed by atoms with E-state index in [1.165, 1.54) is 12.1 Å². The maximum atomic E-state index is 13.8. The van der Waals surface area contributed by atoms with E-state index in [1.54, 1.807) is 0 Å². The van der Waals surface area contributed by atoms with Crippen LogP contribution in [-0.4, -0.2) is 30.6 Å². The molecular weight excluding hydrogens is 326 g/mol. The van der Waals surface area contributed by atoms with Gasteiger partial charge in [-0.25, -0.2) is 8.78 Å². The van der Waals surface area contributed by atoms with E-state index in [9.17, 15) is 8.78 Å². The van der Waals surface area contributed by atoms with Gasteiger partial charge in [-0.1, -0.05) is 6.92 Å². The molecule has 0 radical (unpaired) electrons. The predicted octanol–water partition coefficient (Wildman–Crippen LogP) is 4.26. The Balaban J connectivity index is 1.98. The molecule has 20 heavy (non-hydrogen) atoms. The van der Waals surface area contributed by atoms with E-state index in [0.29, 0.717) is 5.92 Å². The van der Waals surface area contributed by atoms with E-state index < -0.39 is 11.6 Å². The summed E-state index contributed by atoms with van der Waals surface area (Å²) >= 11 is 2.99. The van der Waals surface area contributed by atoms with Crippen LogP contribution in [0.1, 0.15) is 26.7 Å². The van der Waals surface area contributed by atoms with E-state index >= 15 is 0 Å². The van der Waals surface area contributed by atoms with Gasteiger partial charge in [0.25, 0.3) is 0 Å². The summed E-state index contributed by atoms with van der Waals surface area (Å²) in [4.78, 5) is 2.42. The van der Waals surface area contributed by atoms with E-state index in [4.69, 9.17) is 0 Å². The van der Waals surface area contributed by atoms with Crippen molar-refractivity contribution in [3.05, 3.63) is 28.2 Å². The van der Waals surface area contributed by atoms with Crippen LogP contribution >= 0.6 is 15.9 Å². The highest BCUT2D eigenvalue weighted by Crippen LogP contribution is 2.27. The number of halogens is 3. The number of piperidine rings is 1. The minimum absolute atomic E-state index is 0.143. The minimum atomic E-state index is -0.443. The topological polar surface area (TPSA) is 15.3 Å². The highest BCUT2D eigenvalue weighted by Gasteiger charge is 2.23. The van der Waals surface area contributed by atoms with Crippen LogP contribution in [0.2, 0.25) is 0 Å². The van der Waals surface area contributed by atoms with Crippen LogP contribution in [0.5, 0.6) is 0 Å². The Morgan fingerprint density at radius 2 is 1.95 bits per heavy atom. The second kappa shape index (κ2) is 6.85. The summed E-state index contributed by atoms with van der Waals surface area (Å²) in [7, 11) is 0. The van der Waals surface area contributed by atoms with Gasteiger partial charge in [-0.15, -0.1) is 0 Å². The third-order valence-electron chi connectivity index (χ3n) is 4.18. The first-order valence-corrected chi connectivity index (χ1v) is 7.94. The van der Waals surface area contributed by atoms with Crippen molar-refractivity contribution >= 4 is 21.6 Å². The van der Waals surface area contributed by atoms with Crippen LogP contribution < -0.4 is 5.32 Å². The zero-order chi connectivity index (χ0) is 14.7. The Morgan fingerprint density at radius 1 is 1.30 bits per heavy atom. The fourth-order valence-corrected chi connectivity index (χ4v) is 3.08. The molecule has 1 aromatic rings. The molecule has 1 fully saturated rings. The van der Waals surface area contributed by atoms with E-state index in [1.807, 2.05) is 6.92 Å². The third kappa shape index (κ3) is 3.70. The Bertz CT molecular complexity index is 459. The Kier molecular flexibility index (Phi) is 5.38. The highest BCUT2D eigenvalue weighted by molar-refractivity contribution is 9.10. The van der Waals surface area contributed by atoms with Crippen molar-refractivity contribution in [1.29, 1.82) is 0 Å². The second-order valence-electron chi connectivity index (χ2n) is 5.45. The largest absolute Gasteiger partial charge is 0.380 e. The van der Waals surface area contributed by atoms with Gasteiger partial charge in [0, 0.05) is 12.1 Å². The molecule has 1 atom stereocenters. The number of likely N-dealkylation sites (tertiary alicyclic amines) is 1. The first kappa shape index (κ1) is 15.7. The van der Waals surface area contributed by atoms with Crippen molar-refractivity contribution in [3.63, 3.8) is 0 Å². The van der Waals surface area contributed by atoms with Crippen molar-refractivity contribution in [3.8, 4) is 0 Å². The van der Waals surface area contributed by atoms with Gasteiger partial charge >= 0.3 is 0 Å². The van der Waals surface area contributed by atoms with Gasteiger partial charge in [-0.05, 0) is 67.3 Å². The molecule has 112 valence electrons. The fourth-order valence-electron chi connectivity index (χ4n) is 2.77. The molecule has 0 bridgehead atoms. The standard InChI is InChI=1S/C15H21BrF2N2/c1-3-20-6-4-11(5-7-20)10(2)19-15-9-13(17)12(16)8-14(15)18/h8-11,19H,3-7H2,1-2H3. The van der Waals surface area contributed by atoms with Gasteiger partial charge in [0.1, 0.15) is 11.6 Å². The van der Waals surface area contributed by atoms with E-state index in [2.05, 4.69) is 33.1 Å². The first-order valence-electron chi connectivity index (χ1n) is 7.14. The normalized spacial score (nSPS) is 19.1. The van der Waals surface area contributed by atoms with Gasteiger partial charge in [-0.2, -0.15) is 0 Å². The average molecular weight is 347 g/mol. The van der Waals surface area contributed by atoms with Gasteiger partial charge in [0.15, 0.2) is 0 Å². The molecule has 0 aromatic heterocycles. The number of nitrogens with one attached hydrogen (secondary N) is 1. The van der Waals surface area contributed by atoms with Crippen LogP contribution in [0.4, 0.5) is 14.5 Å². The van der Waals surface area contributed by atoms with Crippen LogP contribution in [0.25, 0.3) is 0 Å². The third-order valence-corrected chi connectivity index (χ3v) is 4.79. The molecule has 1 aliphatic rings. The number of nitrogens with zero attached hydrogens (tertiary/aromatic N) is 1. The predicted molar refractivity (Wildman–Crippen MR) is 82.0 cm³/mol. The molecule has 5 heteroatoms. The molecule has 1 aliphatic heterocycles. The maximum absolute atomic E-state index is 13.8. The van der Waals surface area contributed by atoms with Crippen molar-refractivity contribution in [1.82, 2.24) is 4.90 Å². The monoisotopic (exact) mass is 346 g/mol. The number of rotatable bonds is 4. The lowest BCUT2D eigenvalue weighted by Crippen LogP contribution is -2.39. The van der Waals surface area contributed by atoms with Crippen molar-refractivity contribution in [2.45, 2.75) is 32.7 Å². The minimum Gasteiger partial charge on any atom is -0.380 e. The molecule has 0 spiro atoms. The summed E-state index contributed by atoms with van der Waals surface area (Å²) in [5, 5.41) is 3.13. The molecular formula is C15H21BrF2N2. The molecule has 2 rings (SSSR count). The quantitative estimate of drug-likeness (QED) is 0.819. The van der Waals surface area contributed by atoms with Crippen molar-refractivity contribution in [2.24, 2.45) is 5.92 Å². The summed E-state index contributed by atoms with van der Waals surface area (Å²) in [6.45, 7) is 7.48. The molecule has 1 unspecified atom stereocenters. The van der Waals surface area contributed by atoms with E-state index in [-0.39, 0.29) is 16.2 Å². The van der Waals surface area contributed by atoms with E-state index in [0.717, 1.165) is 32.5 Å². The maximum Gasteiger partial charge on any atom is 0.147 e. The summed E-state index contributed by atoms with van der Waals surface area (Å²) in [5.41, 5.74) is 0.246. The lowest BCUT2D eigenvalue weighted by Gasteiger charge is -2.34. The molecule has 1 heterocycles. The first-order chi connectivity index (χ1) is 9.51. The number of hydrogen-bond donors (Lipinski definition) is 1. The van der Waals surface area contributed by atoms with Crippen LogP contribution in [0.15, 0.2) is 16.6 Å². The van der Waals surface area contributed by atoms with Crippen molar-refractivity contribution in [2.75, 3.05) is 25.0 Å². The van der Waals surface area contributed by atoms with Crippen LogP contribution in [-0.2, 0) is 0 Å². The molecule has 2 nitrogen and oxygen atoms in total. The van der Waals surface area contributed by atoms with Gasteiger partial charge < -0.3 is 10.2 Å². The summed E-state index contributed by atoms with van der Waals surface area (Å²) in [6.07, 6.45) is 2.20. The lowest BCUT2D eigenvalue weighted by molar-refractivity contribution is 0.183. The molecule has 0 amide bonds. The zero-order valence-electron chi connectivity index (χ0n) is 11.9. The number of benzene rings is 1. The lowest BCUT2D eigenvalue weighted by atomic mass is 9.90. The van der Waals surface area contributed by atoms with Gasteiger partial charge in [-0.3, -0.25) is 0 Å². The van der Waals surface area contributed by atoms with Crippen LogP contribution in [0, 0.1) is 17.6 Å². The number of hydrogen-bond acceptors (Lipinski definition) is 2. The fraction of sp³-hybridized carbons (Fsp3) is 0.600. The number of anilines is 1. The second-order valence-corrected chi connectivity index (χ2v) is 6.31. The average Bonchev–Trinajstić information content (AvgIpc) is 2.44. The summed E-state index contributed by atoms with van der Waals surface area (Å²) in [5.74, 6) is -0.359. The Labute approximate surface area is 127 Å². The smallest absolute Gasteiger partial charge is 0.147 e. The highest BCUT2D eigenvalue weighted by atomic mass is 79.9. The van der Waals surface area contributed by atoms with Crippen molar-refractivity contribution < 1.29 is 8.78 Å². The molecule has 1 N–H and O–H groups in total. The Morgan fingerprint density at radius 3 is 2.55 bits per heavy atom. The van der Waals surface area contributed by atoms with Crippen LogP contribution in [0.3, 0.4) is 0 Å². The zero-order valence-corrected chi connectivity index (χ0v) is 13.5. The molecule has 0 saturated carbocycles. The Hall–Kier alpha value is -0.680. The molecule has 0 aliphatic carbocycles. The summed E-state index contributed by atoms with van der Waals surface area (Å²) in [6, 6.07) is 2.53. The molecule has 1 aromatic carbocycles. The SMILES string of the molecule is CCN1CCC(C(C)Nc2cc(F)c(Br)cc2F)CC1. The van der Waals surface area contributed by atoms with Gasteiger partial charge in [0.2, 0.25) is 0 Å². The summed E-state index contributed by atoms with van der Waals surface area (Å²) < 4.78 is 27.5.